The zero-order chi connectivity index (χ0) is 18.5. The molecule has 0 amide bonds. The first-order valence-electron chi connectivity index (χ1n) is 6.63. The van der Waals surface area contributed by atoms with E-state index in [1.165, 1.54) is 27.2 Å². The molecule has 0 saturated heterocycles. The summed E-state index contributed by atoms with van der Waals surface area (Å²) in [7, 11) is -1.26. The standard InChI is InChI=1S/C13H19N5O5S/c1-4-24(20,21)10-5-7(11(19)23-3)9(22-2)6-8(10)17-13(16)18-12(14)15/h5-6H,4H2,1-3H3,(H6,14,15,16,17,18). The normalized spacial score (nSPS) is 11.7. The summed E-state index contributed by atoms with van der Waals surface area (Å²) in [6, 6.07) is 2.36. The molecule has 11 heteroatoms. The molecule has 1 aromatic rings. The number of nitrogens with zero attached hydrogens (tertiary/aromatic N) is 2. The molecule has 10 nitrogen and oxygen atoms in total. The van der Waals surface area contributed by atoms with Crippen molar-refractivity contribution in [2.24, 2.45) is 27.2 Å². The summed E-state index contributed by atoms with van der Waals surface area (Å²) in [4.78, 5) is 19.0. The molecule has 0 fully saturated rings. The van der Waals surface area contributed by atoms with Gasteiger partial charge in [0.05, 0.1) is 30.6 Å². The van der Waals surface area contributed by atoms with Gasteiger partial charge in [0, 0.05) is 6.07 Å². The van der Waals surface area contributed by atoms with Crippen LogP contribution in [0.15, 0.2) is 27.0 Å². The first-order chi connectivity index (χ1) is 11.2. The largest absolute Gasteiger partial charge is 0.496 e. The predicted octanol–water partition coefficient (Wildman–Crippen LogP) is -0.505. The Balaban J connectivity index is 3.74. The van der Waals surface area contributed by atoms with Crippen LogP contribution in [0.1, 0.15) is 17.3 Å². The van der Waals surface area contributed by atoms with Gasteiger partial charge in [0.1, 0.15) is 11.3 Å². The fraction of sp³-hybridized carbons (Fsp3) is 0.308. The van der Waals surface area contributed by atoms with Gasteiger partial charge in [-0.3, -0.25) is 0 Å². The third kappa shape index (κ3) is 4.35. The number of methoxy groups -OCH3 is 2. The quantitative estimate of drug-likeness (QED) is 0.359. The molecule has 24 heavy (non-hydrogen) atoms. The number of ether oxygens (including phenoxy) is 2. The number of sulfone groups is 1. The second-order valence-electron chi connectivity index (χ2n) is 4.42. The zero-order valence-electron chi connectivity index (χ0n) is 13.4. The minimum Gasteiger partial charge on any atom is -0.496 e. The molecule has 0 saturated carbocycles. The van der Waals surface area contributed by atoms with E-state index in [4.69, 9.17) is 21.9 Å². The number of hydrogen-bond donors (Lipinski definition) is 3. The molecular formula is C13H19N5O5S. The van der Waals surface area contributed by atoms with Crippen LogP contribution in [-0.4, -0.2) is 46.3 Å². The van der Waals surface area contributed by atoms with E-state index in [1.54, 1.807) is 0 Å². The number of guanidine groups is 2. The fourth-order valence-corrected chi connectivity index (χ4v) is 2.79. The molecule has 0 spiro atoms. The van der Waals surface area contributed by atoms with Gasteiger partial charge in [-0.15, -0.1) is 0 Å². The van der Waals surface area contributed by atoms with Crippen molar-refractivity contribution >= 4 is 33.4 Å². The molecule has 1 rings (SSSR count). The van der Waals surface area contributed by atoms with Crippen molar-refractivity contribution in [1.29, 1.82) is 0 Å². The Morgan fingerprint density at radius 2 is 1.83 bits per heavy atom. The highest BCUT2D eigenvalue weighted by molar-refractivity contribution is 7.91. The highest BCUT2D eigenvalue weighted by atomic mass is 32.2. The van der Waals surface area contributed by atoms with Gasteiger partial charge in [0.25, 0.3) is 0 Å². The fourth-order valence-electron chi connectivity index (χ4n) is 1.76. The van der Waals surface area contributed by atoms with Gasteiger partial charge in [-0.2, -0.15) is 4.99 Å². The van der Waals surface area contributed by atoms with Crippen LogP contribution < -0.4 is 21.9 Å². The van der Waals surface area contributed by atoms with Crippen LogP contribution in [0.2, 0.25) is 0 Å². The maximum absolute atomic E-state index is 12.3. The lowest BCUT2D eigenvalue weighted by Crippen LogP contribution is -2.26. The van der Waals surface area contributed by atoms with Crippen molar-refractivity contribution in [2.45, 2.75) is 11.8 Å². The molecule has 0 aromatic heterocycles. The van der Waals surface area contributed by atoms with E-state index in [-0.39, 0.29) is 39.6 Å². The van der Waals surface area contributed by atoms with E-state index in [0.717, 1.165) is 6.07 Å². The molecule has 1 aromatic carbocycles. The number of esters is 1. The van der Waals surface area contributed by atoms with E-state index in [0.29, 0.717) is 0 Å². The number of rotatable bonds is 5. The number of carbonyl (C=O) groups excluding carboxylic acids is 1. The van der Waals surface area contributed by atoms with Crippen molar-refractivity contribution in [2.75, 3.05) is 20.0 Å². The highest BCUT2D eigenvalue weighted by Crippen LogP contribution is 2.33. The highest BCUT2D eigenvalue weighted by Gasteiger charge is 2.23. The Morgan fingerprint density at radius 3 is 2.29 bits per heavy atom. The molecule has 0 unspecified atom stereocenters. The lowest BCUT2D eigenvalue weighted by Gasteiger charge is -2.12. The van der Waals surface area contributed by atoms with Crippen molar-refractivity contribution in [3.63, 3.8) is 0 Å². The van der Waals surface area contributed by atoms with Crippen LogP contribution in [0.4, 0.5) is 5.69 Å². The van der Waals surface area contributed by atoms with Crippen LogP contribution in [-0.2, 0) is 14.6 Å². The Bertz CT molecular complexity index is 797. The van der Waals surface area contributed by atoms with Gasteiger partial charge in [0.15, 0.2) is 15.8 Å². The van der Waals surface area contributed by atoms with Gasteiger partial charge in [-0.05, 0) is 6.07 Å². The third-order valence-electron chi connectivity index (χ3n) is 2.88. The summed E-state index contributed by atoms with van der Waals surface area (Å²) >= 11 is 0. The first-order valence-corrected chi connectivity index (χ1v) is 8.28. The van der Waals surface area contributed by atoms with Gasteiger partial charge in [-0.1, -0.05) is 6.92 Å². The van der Waals surface area contributed by atoms with Crippen LogP contribution >= 0.6 is 0 Å². The van der Waals surface area contributed by atoms with Crippen LogP contribution in [0.3, 0.4) is 0 Å². The van der Waals surface area contributed by atoms with Crippen LogP contribution in [0.25, 0.3) is 0 Å². The van der Waals surface area contributed by atoms with Crippen LogP contribution in [0, 0.1) is 0 Å². The van der Waals surface area contributed by atoms with Gasteiger partial charge in [0.2, 0.25) is 5.96 Å². The van der Waals surface area contributed by atoms with E-state index in [9.17, 15) is 13.2 Å². The molecule has 6 N–H and O–H groups in total. The second-order valence-corrected chi connectivity index (χ2v) is 6.67. The number of carbonyl (C=O) groups is 1. The summed E-state index contributed by atoms with van der Waals surface area (Å²) in [6.07, 6.45) is 0. The molecule has 0 aliphatic rings. The third-order valence-corrected chi connectivity index (χ3v) is 4.64. The summed E-state index contributed by atoms with van der Waals surface area (Å²) in [5, 5.41) is 0. The molecule has 0 bridgehead atoms. The predicted molar refractivity (Wildman–Crippen MR) is 89.2 cm³/mol. The molecule has 132 valence electrons. The number of nitrogens with two attached hydrogens (primary N) is 3. The smallest absolute Gasteiger partial charge is 0.341 e. The first kappa shape index (κ1) is 19.2. The van der Waals surface area contributed by atoms with Gasteiger partial charge < -0.3 is 26.7 Å². The van der Waals surface area contributed by atoms with E-state index in [1.807, 2.05) is 0 Å². The number of benzene rings is 1. The minimum atomic E-state index is -3.73. The van der Waals surface area contributed by atoms with Crippen molar-refractivity contribution in [1.82, 2.24) is 0 Å². The molecule has 0 aliphatic carbocycles. The Labute approximate surface area is 139 Å². The summed E-state index contributed by atoms with van der Waals surface area (Å²) < 4.78 is 34.3. The average molecular weight is 357 g/mol. The molecule has 0 atom stereocenters. The molecular weight excluding hydrogens is 338 g/mol. The minimum absolute atomic E-state index is 0.0631. The van der Waals surface area contributed by atoms with E-state index < -0.39 is 15.8 Å². The van der Waals surface area contributed by atoms with E-state index in [2.05, 4.69) is 14.7 Å². The number of hydrogen-bond acceptors (Lipinski definition) is 6. The second kappa shape index (κ2) is 7.64. The van der Waals surface area contributed by atoms with Crippen molar-refractivity contribution < 1.29 is 22.7 Å². The maximum Gasteiger partial charge on any atom is 0.341 e. The molecule has 0 radical (unpaired) electrons. The zero-order valence-corrected chi connectivity index (χ0v) is 14.3. The van der Waals surface area contributed by atoms with Crippen molar-refractivity contribution in [3.05, 3.63) is 17.7 Å². The van der Waals surface area contributed by atoms with Gasteiger partial charge in [-0.25, -0.2) is 18.2 Å². The lowest BCUT2D eigenvalue weighted by molar-refractivity contribution is 0.0597. The lowest BCUT2D eigenvalue weighted by atomic mass is 10.2. The van der Waals surface area contributed by atoms with E-state index >= 15 is 0 Å². The van der Waals surface area contributed by atoms with Crippen LogP contribution in [0.5, 0.6) is 5.75 Å². The summed E-state index contributed by atoms with van der Waals surface area (Å²) in [6.45, 7) is 1.45. The monoisotopic (exact) mass is 357 g/mol. The SMILES string of the molecule is CCS(=O)(=O)c1cc(C(=O)OC)c(OC)cc1N=C(N)N=C(N)N. The Hall–Kier alpha value is -2.82. The molecule has 0 aliphatic heterocycles. The summed E-state index contributed by atoms with van der Waals surface area (Å²) in [5.74, 6) is -1.60. The maximum atomic E-state index is 12.3. The Morgan fingerprint density at radius 1 is 1.21 bits per heavy atom. The van der Waals surface area contributed by atoms with Gasteiger partial charge >= 0.3 is 5.97 Å². The Kier molecular flexibility index (Phi) is 6.12. The summed E-state index contributed by atoms with van der Waals surface area (Å²) in [5.41, 5.74) is 15.8. The topological polar surface area (TPSA) is 172 Å². The number of aliphatic imine (C=N–C) groups is 2. The molecule has 0 heterocycles. The average Bonchev–Trinajstić information content (AvgIpc) is 2.52. The van der Waals surface area contributed by atoms with Crippen molar-refractivity contribution in [3.8, 4) is 5.75 Å².